The lowest BCUT2D eigenvalue weighted by molar-refractivity contribution is -0.139. The van der Waals surface area contributed by atoms with E-state index in [0.29, 0.717) is 29.2 Å². The van der Waals surface area contributed by atoms with Crippen molar-refractivity contribution < 1.29 is 14.3 Å². The number of carbonyl (C=O) groups is 2. The lowest BCUT2D eigenvalue weighted by Gasteiger charge is -2.39. The molecule has 0 fully saturated rings. The Hall–Kier alpha value is -2.07. The average Bonchev–Trinajstić information content (AvgIpc) is 2.58. The average molecular weight is 388 g/mol. The fourth-order valence-electron chi connectivity index (χ4n) is 3.97. The fraction of sp³-hybridized carbons (Fsp3) is 0.455. The van der Waals surface area contributed by atoms with Crippen molar-refractivity contribution in [1.82, 2.24) is 5.32 Å². The van der Waals surface area contributed by atoms with Gasteiger partial charge in [-0.15, -0.1) is 0 Å². The first-order valence-corrected chi connectivity index (χ1v) is 9.78. The van der Waals surface area contributed by atoms with E-state index in [-0.39, 0.29) is 17.2 Å². The zero-order chi connectivity index (χ0) is 19.8. The second kappa shape index (κ2) is 7.51. The molecule has 0 amide bonds. The number of Topliss-reactive ketones (excluding diaryl/α,β-unsaturated/α-hetero) is 1. The number of nitrogens with one attached hydrogen (secondary N) is 1. The first kappa shape index (κ1) is 19.7. The highest BCUT2D eigenvalue weighted by molar-refractivity contribution is 6.30. The highest BCUT2D eigenvalue weighted by atomic mass is 35.5. The summed E-state index contributed by atoms with van der Waals surface area (Å²) in [7, 11) is 0. The molecule has 0 aromatic heterocycles. The number of hydrogen-bond donors (Lipinski definition) is 1. The van der Waals surface area contributed by atoms with Gasteiger partial charge in [-0.25, -0.2) is 4.79 Å². The molecule has 0 unspecified atom stereocenters. The van der Waals surface area contributed by atoms with Crippen molar-refractivity contribution in [2.24, 2.45) is 5.41 Å². The molecule has 1 aromatic rings. The molecule has 1 aliphatic carbocycles. The molecule has 1 aromatic carbocycles. The number of hydrogen-bond acceptors (Lipinski definition) is 4. The number of allylic oxidation sites excluding steroid dienone is 3. The van der Waals surface area contributed by atoms with Gasteiger partial charge in [0.05, 0.1) is 12.2 Å². The summed E-state index contributed by atoms with van der Waals surface area (Å²) in [5.41, 5.74) is 3.64. The predicted octanol–water partition coefficient (Wildman–Crippen LogP) is 4.90. The molecule has 1 aliphatic heterocycles. The first-order valence-electron chi connectivity index (χ1n) is 9.40. The minimum Gasteiger partial charge on any atom is -0.462 e. The van der Waals surface area contributed by atoms with Crippen LogP contribution in [0.5, 0.6) is 0 Å². The van der Waals surface area contributed by atoms with Crippen molar-refractivity contribution in [2.45, 2.75) is 52.9 Å². The van der Waals surface area contributed by atoms with E-state index in [1.807, 2.05) is 26.0 Å². The van der Waals surface area contributed by atoms with Crippen LogP contribution in [0.15, 0.2) is 46.8 Å². The molecule has 2 aliphatic rings. The molecule has 0 saturated heterocycles. The molecule has 144 valence electrons. The van der Waals surface area contributed by atoms with E-state index >= 15 is 0 Å². The third kappa shape index (κ3) is 3.96. The zero-order valence-electron chi connectivity index (χ0n) is 16.3. The van der Waals surface area contributed by atoms with Gasteiger partial charge in [0.15, 0.2) is 5.78 Å². The topological polar surface area (TPSA) is 55.4 Å². The van der Waals surface area contributed by atoms with Crippen molar-refractivity contribution in [3.8, 4) is 0 Å². The SMILES string of the molecule is CCCOC(=O)C1=C(C)NC2=C(C(=O)CC(C)(C)C2)[C@H]1c1ccc(Cl)cc1. The molecule has 1 atom stereocenters. The number of benzene rings is 1. The summed E-state index contributed by atoms with van der Waals surface area (Å²) >= 11 is 6.06. The van der Waals surface area contributed by atoms with Crippen LogP contribution in [0.2, 0.25) is 5.02 Å². The lowest BCUT2D eigenvalue weighted by Crippen LogP contribution is -2.38. The Morgan fingerprint density at radius 3 is 2.56 bits per heavy atom. The van der Waals surface area contributed by atoms with Crippen LogP contribution in [-0.4, -0.2) is 18.4 Å². The fourth-order valence-corrected chi connectivity index (χ4v) is 4.09. The molecular weight excluding hydrogens is 362 g/mol. The lowest BCUT2D eigenvalue weighted by atomic mass is 9.68. The van der Waals surface area contributed by atoms with Crippen molar-refractivity contribution in [3.63, 3.8) is 0 Å². The van der Waals surface area contributed by atoms with Crippen LogP contribution in [0.1, 0.15) is 58.4 Å². The van der Waals surface area contributed by atoms with Gasteiger partial charge in [-0.3, -0.25) is 4.79 Å². The highest BCUT2D eigenvalue weighted by Gasteiger charge is 2.43. The van der Waals surface area contributed by atoms with E-state index in [2.05, 4.69) is 19.2 Å². The molecule has 5 heteroatoms. The monoisotopic (exact) mass is 387 g/mol. The number of ketones is 1. The number of dihydropyridines is 1. The Labute approximate surface area is 165 Å². The van der Waals surface area contributed by atoms with Crippen LogP contribution in [0, 0.1) is 5.41 Å². The van der Waals surface area contributed by atoms with E-state index in [1.54, 1.807) is 12.1 Å². The summed E-state index contributed by atoms with van der Waals surface area (Å²) in [5.74, 6) is -0.709. The molecule has 0 spiro atoms. The number of esters is 1. The van der Waals surface area contributed by atoms with Crippen LogP contribution in [-0.2, 0) is 14.3 Å². The minimum absolute atomic E-state index is 0.0852. The van der Waals surface area contributed by atoms with E-state index in [1.165, 1.54) is 0 Å². The van der Waals surface area contributed by atoms with Crippen molar-refractivity contribution in [1.29, 1.82) is 0 Å². The summed E-state index contributed by atoms with van der Waals surface area (Å²) in [6.45, 7) is 8.38. The van der Waals surface area contributed by atoms with Crippen LogP contribution < -0.4 is 5.32 Å². The second-order valence-electron chi connectivity index (χ2n) is 8.12. The Morgan fingerprint density at radius 2 is 1.93 bits per heavy atom. The second-order valence-corrected chi connectivity index (χ2v) is 8.55. The van der Waals surface area contributed by atoms with Crippen molar-refractivity contribution in [3.05, 3.63) is 57.4 Å². The molecule has 4 nitrogen and oxygen atoms in total. The molecule has 1 N–H and O–H groups in total. The van der Waals surface area contributed by atoms with Gasteiger partial charge in [-0.05, 0) is 42.9 Å². The Balaban J connectivity index is 2.12. The van der Waals surface area contributed by atoms with Crippen molar-refractivity contribution >= 4 is 23.4 Å². The van der Waals surface area contributed by atoms with Gasteiger partial charge in [0, 0.05) is 34.3 Å². The molecule has 0 saturated carbocycles. The minimum atomic E-state index is -0.425. The maximum atomic E-state index is 13.1. The van der Waals surface area contributed by atoms with Gasteiger partial charge < -0.3 is 10.1 Å². The van der Waals surface area contributed by atoms with E-state index in [4.69, 9.17) is 16.3 Å². The number of carbonyl (C=O) groups excluding carboxylic acids is 2. The van der Waals surface area contributed by atoms with E-state index in [9.17, 15) is 9.59 Å². The predicted molar refractivity (Wildman–Crippen MR) is 106 cm³/mol. The molecule has 27 heavy (non-hydrogen) atoms. The maximum absolute atomic E-state index is 13.1. The summed E-state index contributed by atoms with van der Waals surface area (Å²) in [4.78, 5) is 25.9. The van der Waals surface area contributed by atoms with Gasteiger partial charge in [0.1, 0.15) is 0 Å². The molecule has 0 radical (unpaired) electrons. The Kier molecular flexibility index (Phi) is 5.48. The van der Waals surface area contributed by atoms with E-state index < -0.39 is 5.92 Å². The third-order valence-corrected chi connectivity index (χ3v) is 5.35. The molecular formula is C22H26ClNO3. The number of rotatable bonds is 4. The molecule has 0 bridgehead atoms. The normalized spacial score (nSPS) is 21.7. The summed E-state index contributed by atoms with van der Waals surface area (Å²) in [6.07, 6.45) is 1.99. The quantitative estimate of drug-likeness (QED) is 0.747. The van der Waals surface area contributed by atoms with Crippen molar-refractivity contribution in [2.75, 3.05) is 6.61 Å². The highest BCUT2D eigenvalue weighted by Crippen LogP contribution is 2.46. The first-order chi connectivity index (χ1) is 12.7. The summed E-state index contributed by atoms with van der Waals surface area (Å²) in [5, 5.41) is 3.95. The maximum Gasteiger partial charge on any atom is 0.336 e. The smallest absolute Gasteiger partial charge is 0.336 e. The van der Waals surface area contributed by atoms with Gasteiger partial charge in [0.2, 0.25) is 0 Å². The Bertz CT molecular complexity index is 834. The molecule has 3 rings (SSSR count). The van der Waals surface area contributed by atoms with Crippen LogP contribution >= 0.6 is 11.6 Å². The standard InChI is InChI=1S/C22H26ClNO3/c1-5-10-27-21(26)18-13(2)24-16-11-22(3,4)12-17(25)20(16)19(18)14-6-8-15(23)9-7-14/h6-9,19,24H,5,10-12H2,1-4H3/t19-/m0/s1. The third-order valence-electron chi connectivity index (χ3n) is 5.10. The van der Waals surface area contributed by atoms with Gasteiger partial charge in [-0.2, -0.15) is 0 Å². The van der Waals surface area contributed by atoms with Gasteiger partial charge >= 0.3 is 5.97 Å². The van der Waals surface area contributed by atoms with Gasteiger partial charge in [-0.1, -0.05) is 44.5 Å². The number of halogens is 1. The summed E-state index contributed by atoms with van der Waals surface area (Å²) < 4.78 is 5.44. The van der Waals surface area contributed by atoms with Crippen LogP contribution in [0.3, 0.4) is 0 Å². The Morgan fingerprint density at radius 1 is 1.26 bits per heavy atom. The zero-order valence-corrected chi connectivity index (χ0v) is 17.1. The van der Waals surface area contributed by atoms with Crippen LogP contribution in [0.4, 0.5) is 0 Å². The summed E-state index contributed by atoms with van der Waals surface area (Å²) in [6, 6.07) is 7.36. The van der Waals surface area contributed by atoms with Gasteiger partial charge in [0.25, 0.3) is 0 Å². The largest absolute Gasteiger partial charge is 0.462 e. The molecule has 1 heterocycles. The number of ether oxygens (including phenoxy) is 1. The van der Waals surface area contributed by atoms with Crippen LogP contribution in [0.25, 0.3) is 0 Å². The van der Waals surface area contributed by atoms with E-state index in [0.717, 1.165) is 29.8 Å².